The molecule has 5 nitrogen and oxygen atoms in total. The van der Waals surface area contributed by atoms with E-state index in [1.54, 1.807) is 11.9 Å². The molecule has 0 aromatic carbocycles. The zero-order valence-corrected chi connectivity index (χ0v) is 10.4. The molecule has 0 saturated heterocycles. The number of nitrogens with zero attached hydrogens (tertiary/aromatic N) is 1. The van der Waals surface area contributed by atoms with E-state index in [1.807, 2.05) is 13.8 Å². The van der Waals surface area contributed by atoms with E-state index in [0.717, 1.165) is 0 Å². The van der Waals surface area contributed by atoms with E-state index >= 15 is 0 Å². The van der Waals surface area contributed by atoms with Gasteiger partial charge < -0.3 is 15.0 Å². The highest BCUT2D eigenvalue weighted by atomic mass is 16.5. The Hall–Kier alpha value is -1.10. The van der Waals surface area contributed by atoms with Crippen molar-refractivity contribution >= 4 is 11.8 Å². The van der Waals surface area contributed by atoms with Crippen LogP contribution in [0.15, 0.2) is 0 Å². The van der Waals surface area contributed by atoms with Crippen molar-refractivity contribution in [1.82, 2.24) is 10.2 Å². The molecule has 0 radical (unpaired) electrons. The third-order valence-corrected chi connectivity index (χ3v) is 2.24. The molecular formula is C11H22N2O3. The molecule has 0 atom stereocenters. The molecule has 0 aliphatic rings. The van der Waals surface area contributed by atoms with Crippen LogP contribution in [0.4, 0.5) is 0 Å². The number of amides is 2. The van der Waals surface area contributed by atoms with Crippen LogP contribution in [0.5, 0.6) is 0 Å². The van der Waals surface area contributed by atoms with Crippen LogP contribution in [0.2, 0.25) is 0 Å². The number of carbonyl (C=O) groups is 2. The van der Waals surface area contributed by atoms with E-state index in [0.29, 0.717) is 39.1 Å². The fraction of sp³-hybridized carbons (Fsp3) is 0.818. The Morgan fingerprint density at radius 2 is 1.94 bits per heavy atom. The van der Waals surface area contributed by atoms with Gasteiger partial charge >= 0.3 is 0 Å². The second-order valence-corrected chi connectivity index (χ2v) is 3.45. The summed E-state index contributed by atoms with van der Waals surface area (Å²) in [5.74, 6) is -0.0204. The Bertz CT molecular complexity index is 219. The van der Waals surface area contributed by atoms with Gasteiger partial charge in [-0.15, -0.1) is 0 Å². The minimum absolute atomic E-state index is 0.0487. The minimum Gasteiger partial charge on any atom is -0.381 e. The normalized spacial score (nSPS) is 9.94. The molecule has 0 heterocycles. The number of carbonyl (C=O) groups excluding carboxylic acids is 2. The average molecular weight is 230 g/mol. The highest BCUT2D eigenvalue weighted by Gasteiger charge is 2.07. The number of rotatable bonds is 8. The van der Waals surface area contributed by atoms with E-state index in [-0.39, 0.29) is 11.8 Å². The van der Waals surface area contributed by atoms with Crippen molar-refractivity contribution in [2.45, 2.75) is 26.7 Å². The molecule has 0 spiro atoms. The first-order chi connectivity index (χ1) is 7.61. The Balaban J connectivity index is 3.50. The minimum atomic E-state index is -0.0691. The summed E-state index contributed by atoms with van der Waals surface area (Å²) in [5.41, 5.74) is 0. The average Bonchev–Trinajstić information content (AvgIpc) is 2.28. The number of hydrogen-bond donors (Lipinski definition) is 1. The molecular weight excluding hydrogens is 208 g/mol. The van der Waals surface area contributed by atoms with Gasteiger partial charge in [0.25, 0.3) is 0 Å². The van der Waals surface area contributed by atoms with Gasteiger partial charge in [-0.05, 0) is 13.8 Å². The van der Waals surface area contributed by atoms with Gasteiger partial charge in [0, 0.05) is 39.6 Å². The third kappa shape index (κ3) is 7.23. The second-order valence-electron chi connectivity index (χ2n) is 3.45. The van der Waals surface area contributed by atoms with E-state index in [1.165, 1.54) is 0 Å². The second kappa shape index (κ2) is 9.15. The van der Waals surface area contributed by atoms with Crippen molar-refractivity contribution in [3.05, 3.63) is 0 Å². The fourth-order valence-corrected chi connectivity index (χ4v) is 1.07. The molecule has 94 valence electrons. The predicted octanol–water partition coefficient (Wildman–Crippen LogP) is 0.398. The SMILES string of the molecule is CCOCCC(=O)NCCC(=O)N(C)CC. The van der Waals surface area contributed by atoms with Gasteiger partial charge in [0.2, 0.25) is 11.8 Å². The molecule has 0 fully saturated rings. The molecule has 0 rings (SSSR count). The zero-order chi connectivity index (χ0) is 12.4. The molecule has 0 bridgehead atoms. The van der Waals surface area contributed by atoms with Gasteiger partial charge in [-0.3, -0.25) is 9.59 Å². The molecule has 0 aliphatic carbocycles. The van der Waals surface area contributed by atoms with Crippen molar-refractivity contribution < 1.29 is 14.3 Å². The lowest BCUT2D eigenvalue weighted by Gasteiger charge is -2.14. The van der Waals surface area contributed by atoms with Crippen molar-refractivity contribution in [2.75, 3.05) is 33.4 Å². The first kappa shape index (κ1) is 14.9. The van der Waals surface area contributed by atoms with Crippen LogP contribution < -0.4 is 5.32 Å². The maximum atomic E-state index is 11.4. The molecule has 0 aliphatic heterocycles. The summed E-state index contributed by atoms with van der Waals surface area (Å²) in [6, 6.07) is 0. The van der Waals surface area contributed by atoms with Gasteiger partial charge in [-0.1, -0.05) is 0 Å². The molecule has 0 aromatic rings. The quantitative estimate of drug-likeness (QED) is 0.614. The molecule has 0 unspecified atom stereocenters. The number of hydrogen-bond acceptors (Lipinski definition) is 3. The summed E-state index contributed by atoms with van der Waals surface area (Å²) in [5, 5.41) is 2.68. The summed E-state index contributed by atoms with van der Waals surface area (Å²) < 4.78 is 5.05. The Morgan fingerprint density at radius 3 is 2.50 bits per heavy atom. The van der Waals surface area contributed by atoms with Gasteiger partial charge in [0.05, 0.1) is 6.61 Å². The van der Waals surface area contributed by atoms with Gasteiger partial charge in [-0.25, -0.2) is 0 Å². The van der Waals surface area contributed by atoms with E-state index in [2.05, 4.69) is 5.32 Å². The molecule has 2 amide bonds. The molecule has 0 saturated carbocycles. The summed E-state index contributed by atoms with van der Waals surface area (Å²) in [4.78, 5) is 24.2. The topological polar surface area (TPSA) is 58.6 Å². The van der Waals surface area contributed by atoms with Crippen LogP contribution in [-0.2, 0) is 14.3 Å². The van der Waals surface area contributed by atoms with Crippen LogP contribution in [0, 0.1) is 0 Å². The van der Waals surface area contributed by atoms with Crippen molar-refractivity contribution in [3.63, 3.8) is 0 Å². The summed E-state index contributed by atoms with van der Waals surface area (Å²) >= 11 is 0. The third-order valence-electron chi connectivity index (χ3n) is 2.24. The van der Waals surface area contributed by atoms with Crippen LogP contribution >= 0.6 is 0 Å². The molecule has 1 N–H and O–H groups in total. The highest BCUT2D eigenvalue weighted by Crippen LogP contribution is 1.89. The van der Waals surface area contributed by atoms with Crippen molar-refractivity contribution in [1.29, 1.82) is 0 Å². The van der Waals surface area contributed by atoms with E-state index in [4.69, 9.17) is 4.74 Å². The lowest BCUT2D eigenvalue weighted by atomic mass is 10.3. The van der Waals surface area contributed by atoms with E-state index in [9.17, 15) is 9.59 Å². The summed E-state index contributed by atoms with van der Waals surface area (Å²) in [6.45, 7) is 5.94. The maximum absolute atomic E-state index is 11.4. The lowest BCUT2D eigenvalue weighted by molar-refractivity contribution is -0.129. The molecule has 5 heteroatoms. The van der Waals surface area contributed by atoms with Crippen molar-refractivity contribution in [2.24, 2.45) is 0 Å². The van der Waals surface area contributed by atoms with Crippen LogP contribution in [-0.4, -0.2) is 50.1 Å². The monoisotopic (exact) mass is 230 g/mol. The maximum Gasteiger partial charge on any atom is 0.224 e. The summed E-state index contributed by atoms with van der Waals surface area (Å²) in [7, 11) is 1.75. The van der Waals surface area contributed by atoms with E-state index < -0.39 is 0 Å². The molecule has 16 heavy (non-hydrogen) atoms. The lowest BCUT2D eigenvalue weighted by Crippen LogP contribution is -2.32. The van der Waals surface area contributed by atoms with Crippen LogP contribution in [0.25, 0.3) is 0 Å². The van der Waals surface area contributed by atoms with Crippen LogP contribution in [0.3, 0.4) is 0 Å². The largest absolute Gasteiger partial charge is 0.381 e. The van der Waals surface area contributed by atoms with Gasteiger partial charge in [0.15, 0.2) is 0 Å². The van der Waals surface area contributed by atoms with Crippen molar-refractivity contribution in [3.8, 4) is 0 Å². The number of ether oxygens (including phenoxy) is 1. The Labute approximate surface area is 97.1 Å². The summed E-state index contributed by atoms with van der Waals surface area (Å²) in [6.07, 6.45) is 0.705. The number of nitrogens with one attached hydrogen (secondary N) is 1. The Morgan fingerprint density at radius 1 is 1.25 bits per heavy atom. The standard InChI is InChI=1S/C11H22N2O3/c1-4-13(3)11(15)6-8-12-10(14)7-9-16-5-2/h4-9H2,1-3H3,(H,12,14). The smallest absolute Gasteiger partial charge is 0.224 e. The first-order valence-corrected chi connectivity index (χ1v) is 5.70. The van der Waals surface area contributed by atoms with Gasteiger partial charge in [-0.2, -0.15) is 0 Å². The Kier molecular flexibility index (Phi) is 8.52. The first-order valence-electron chi connectivity index (χ1n) is 5.70. The molecule has 0 aromatic heterocycles. The van der Waals surface area contributed by atoms with Crippen LogP contribution in [0.1, 0.15) is 26.7 Å². The highest BCUT2D eigenvalue weighted by molar-refractivity contribution is 5.78. The fourth-order valence-electron chi connectivity index (χ4n) is 1.07. The van der Waals surface area contributed by atoms with Gasteiger partial charge in [0.1, 0.15) is 0 Å². The predicted molar refractivity (Wildman–Crippen MR) is 62.0 cm³/mol. The zero-order valence-electron chi connectivity index (χ0n) is 10.4.